The van der Waals surface area contributed by atoms with Gasteiger partial charge in [-0.25, -0.2) is 0 Å². The van der Waals surface area contributed by atoms with E-state index in [-0.39, 0.29) is 11.5 Å². The Bertz CT molecular complexity index is 456. The number of rotatable bonds is 2. The van der Waals surface area contributed by atoms with Crippen molar-refractivity contribution < 1.29 is 10.2 Å². The van der Waals surface area contributed by atoms with Crippen molar-refractivity contribution in [2.45, 2.75) is 95.2 Å². The second-order valence-electron chi connectivity index (χ2n) is 9.84. The molecule has 0 aromatic rings. The van der Waals surface area contributed by atoms with Crippen LogP contribution in [0.15, 0.2) is 0 Å². The quantitative estimate of drug-likeness (QED) is 0.808. The first kappa shape index (κ1) is 14.3. The van der Waals surface area contributed by atoms with E-state index in [4.69, 9.17) is 0 Å². The topological polar surface area (TPSA) is 40.5 Å². The van der Waals surface area contributed by atoms with E-state index in [0.29, 0.717) is 11.3 Å². The van der Waals surface area contributed by atoms with E-state index < -0.39 is 5.60 Å². The van der Waals surface area contributed by atoms with Crippen molar-refractivity contribution in [2.24, 2.45) is 28.6 Å². The van der Waals surface area contributed by atoms with Crippen LogP contribution in [0.5, 0.6) is 0 Å². The Hall–Kier alpha value is -0.0800. The first-order valence-corrected chi connectivity index (χ1v) is 9.96. The Morgan fingerprint density at radius 1 is 0.727 bits per heavy atom. The van der Waals surface area contributed by atoms with Crippen LogP contribution in [0.1, 0.15) is 83.5 Å². The van der Waals surface area contributed by atoms with Crippen molar-refractivity contribution in [1.82, 2.24) is 0 Å². The van der Waals surface area contributed by atoms with Gasteiger partial charge in [-0.15, -0.1) is 0 Å². The Labute approximate surface area is 134 Å². The third-order valence-corrected chi connectivity index (χ3v) is 9.14. The molecule has 0 heterocycles. The van der Waals surface area contributed by atoms with E-state index in [1.54, 1.807) is 0 Å². The monoisotopic (exact) mass is 304 g/mol. The number of aliphatic hydroxyl groups excluding tert-OH is 1. The van der Waals surface area contributed by atoms with Crippen molar-refractivity contribution in [2.75, 3.05) is 0 Å². The highest BCUT2D eigenvalue weighted by Gasteiger charge is 2.66. The maximum absolute atomic E-state index is 12.1. The molecule has 0 radical (unpaired) electrons. The van der Waals surface area contributed by atoms with Gasteiger partial charge in [0.15, 0.2) is 0 Å². The van der Waals surface area contributed by atoms with Crippen LogP contribution in [-0.4, -0.2) is 21.9 Å². The fourth-order valence-electron chi connectivity index (χ4n) is 8.06. The molecule has 0 spiro atoms. The number of fused-ring (bicyclic) bond motifs is 4. The molecule has 0 saturated heterocycles. The smallest absolute Gasteiger partial charge is 0.0739 e. The molecule has 2 nitrogen and oxygen atoms in total. The minimum absolute atomic E-state index is 0.158. The fourth-order valence-corrected chi connectivity index (χ4v) is 8.06. The van der Waals surface area contributed by atoms with Gasteiger partial charge >= 0.3 is 0 Å². The Kier molecular flexibility index (Phi) is 2.92. The van der Waals surface area contributed by atoms with Gasteiger partial charge in [-0.2, -0.15) is 0 Å². The van der Waals surface area contributed by atoms with Gasteiger partial charge in [0.25, 0.3) is 0 Å². The van der Waals surface area contributed by atoms with Gasteiger partial charge < -0.3 is 10.2 Å². The number of hydrogen-bond donors (Lipinski definition) is 2. The standard InChI is InChI=1S/C20H32O2/c21-16-5-10-20(22,19-8-3-15(13-19)4-9-19)17(11-16)18-6-1-14(12-18)2-7-18/h14-17,21-22H,1-13H2. The summed E-state index contributed by atoms with van der Waals surface area (Å²) in [5.74, 6) is 2.21. The third kappa shape index (κ3) is 1.69. The van der Waals surface area contributed by atoms with Crippen molar-refractivity contribution in [3.8, 4) is 0 Å². The van der Waals surface area contributed by atoms with Crippen molar-refractivity contribution in [1.29, 1.82) is 0 Å². The van der Waals surface area contributed by atoms with Gasteiger partial charge in [-0.3, -0.25) is 0 Å². The first-order chi connectivity index (χ1) is 10.6. The molecular weight excluding hydrogens is 272 g/mol. The summed E-state index contributed by atoms with van der Waals surface area (Å²) in [5, 5.41) is 22.5. The molecule has 124 valence electrons. The predicted molar refractivity (Wildman–Crippen MR) is 86.3 cm³/mol. The van der Waals surface area contributed by atoms with Gasteiger partial charge in [0.2, 0.25) is 0 Å². The van der Waals surface area contributed by atoms with Gasteiger partial charge in [0.1, 0.15) is 0 Å². The Balaban J connectivity index is 1.54. The Morgan fingerprint density at radius 3 is 1.91 bits per heavy atom. The van der Waals surface area contributed by atoms with Crippen LogP contribution in [0.2, 0.25) is 0 Å². The molecule has 0 aromatic heterocycles. The van der Waals surface area contributed by atoms with Crippen molar-refractivity contribution in [3.63, 3.8) is 0 Å². The zero-order valence-corrected chi connectivity index (χ0v) is 13.9. The van der Waals surface area contributed by atoms with Gasteiger partial charge in [0, 0.05) is 0 Å². The van der Waals surface area contributed by atoms with E-state index in [2.05, 4.69) is 0 Å². The molecular formula is C20H32O2. The summed E-state index contributed by atoms with van der Waals surface area (Å²) < 4.78 is 0. The molecule has 2 heteroatoms. The summed E-state index contributed by atoms with van der Waals surface area (Å²) in [5.41, 5.74) is 0.144. The zero-order valence-electron chi connectivity index (χ0n) is 13.9. The van der Waals surface area contributed by atoms with E-state index >= 15 is 0 Å². The molecule has 5 saturated carbocycles. The average Bonchev–Trinajstić information content (AvgIpc) is 3.30. The van der Waals surface area contributed by atoms with E-state index in [9.17, 15) is 10.2 Å². The first-order valence-electron chi connectivity index (χ1n) is 9.96. The lowest BCUT2D eigenvalue weighted by Crippen LogP contribution is -2.59. The maximum atomic E-state index is 12.1. The molecule has 5 aliphatic carbocycles. The lowest BCUT2D eigenvalue weighted by Gasteiger charge is -2.57. The second kappa shape index (κ2) is 4.51. The summed E-state index contributed by atoms with van der Waals surface area (Å²) in [7, 11) is 0. The fraction of sp³-hybridized carbons (Fsp3) is 1.00. The van der Waals surface area contributed by atoms with Crippen LogP contribution in [0.25, 0.3) is 0 Å². The minimum atomic E-state index is -0.462. The molecule has 5 aliphatic rings. The normalized spacial score (nSPS) is 60.3. The number of aliphatic hydroxyl groups is 2. The lowest BCUT2D eigenvalue weighted by atomic mass is 9.51. The molecule has 4 bridgehead atoms. The van der Waals surface area contributed by atoms with E-state index in [0.717, 1.165) is 31.1 Å². The molecule has 5 fully saturated rings. The average molecular weight is 304 g/mol. The van der Waals surface area contributed by atoms with Crippen LogP contribution in [-0.2, 0) is 0 Å². The highest BCUT2D eigenvalue weighted by atomic mass is 16.3. The van der Waals surface area contributed by atoms with Crippen LogP contribution in [0.4, 0.5) is 0 Å². The minimum Gasteiger partial charge on any atom is -0.393 e. The van der Waals surface area contributed by atoms with Crippen LogP contribution in [0.3, 0.4) is 0 Å². The summed E-state index contributed by atoms with van der Waals surface area (Å²) in [4.78, 5) is 0. The molecule has 2 N–H and O–H groups in total. The van der Waals surface area contributed by atoms with Crippen LogP contribution < -0.4 is 0 Å². The maximum Gasteiger partial charge on any atom is 0.0739 e. The van der Waals surface area contributed by atoms with E-state index in [1.807, 2.05) is 0 Å². The summed E-state index contributed by atoms with van der Waals surface area (Å²) in [6, 6.07) is 0. The number of hydrogen-bond acceptors (Lipinski definition) is 2. The van der Waals surface area contributed by atoms with Gasteiger partial charge in [-0.1, -0.05) is 0 Å². The highest BCUT2D eigenvalue weighted by molar-refractivity contribution is 5.16. The molecule has 0 aromatic carbocycles. The molecule has 0 amide bonds. The molecule has 22 heavy (non-hydrogen) atoms. The molecule has 5 rings (SSSR count). The van der Waals surface area contributed by atoms with Crippen LogP contribution >= 0.6 is 0 Å². The van der Waals surface area contributed by atoms with Crippen molar-refractivity contribution >= 4 is 0 Å². The summed E-state index contributed by atoms with van der Waals surface area (Å²) in [6.45, 7) is 0. The Morgan fingerprint density at radius 2 is 1.36 bits per heavy atom. The molecule has 3 atom stereocenters. The molecule has 3 unspecified atom stereocenters. The second-order valence-corrected chi connectivity index (χ2v) is 9.84. The van der Waals surface area contributed by atoms with Crippen molar-refractivity contribution in [3.05, 3.63) is 0 Å². The lowest BCUT2D eigenvalue weighted by molar-refractivity contribution is -0.194. The highest BCUT2D eigenvalue weighted by Crippen LogP contribution is 2.70. The summed E-state index contributed by atoms with van der Waals surface area (Å²) in [6.07, 6.45) is 15.7. The van der Waals surface area contributed by atoms with Gasteiger partial charge in [-0.05, 0) is 112 Å². The molecule has 0 aliphatic heterocycles. The summed E-state index contributed by atoms with van der Waals surface area (Å²) >= 11 is 0. The SMILES string of the molecule is OC1CCC(O)(C23CCC(CC2)C3)C(C23CCC(CC2)C3)C1. The largest absolute Gasteiger partial charge is 0.393 e. The third-order valence-electron chi connectivity index (χ3n) is 9.14. The van der Waals surface area contributed by atoms with Gasteiger partial charge in [0.05, 0.1) is 11.7 Å². The van der Waals surface area contributed by atoms with Crippen LogP contribution in [0, 0.1) is 28.6 Å². The zero-order chi connectivity index (χ0) is 15.0. The predicted octanol–water partition coefficient (Wildman–Crippen LogP) is 4.04. The van der Waals surface area contributed by atoms with E-state index in [1.165, 1.54) is 64.2 Å².